The largest absolute Gasteiger partial charge is 0.335 e. The van der Waals surface area contributed by atoms with Gasteiger partial charge < -0.3 is 10.2 Å². The second kappa shape index (κ2) is 9.98. The molecule has 3 heterocycles. The Morgan fingerprint density at radius 1 is 1.10 bits per heavy atom. The standard InChI is InChI=1S/C21H33N5O2S/c27-20-15-17-16-29-14-7-19(17)23-26(20)13-10-24-8-11-25(12-9-24)21(28)22-18-5-3-1-2-4-6-18/h15,18H,1-14,16H2,(H,22,28). The monoisotopic (exact) mass is 419 g/mol. The van der Waals surface area contributed by atoms with Crippen LogP contribution in [0.2, 0.25) is 0 Å². The van der Waals surface area contributed by atoms with Crippen LogP contribution in [0.25, 0.3) is 0 Å². The van der Waals surface area contributed by atoms with Crippen molar-refractivity contribution in [1.82, 2.24) is 24.9 Å². The number of rotatable bonds is 4. The Kier molecular flexibility index (Phi) is 7.13. The molecule has 4 rings (SSSR count). The van der Waals surface area contributed by atoms with Gasteiger partial charge >= 0.3 is 6.03 Å². The minimum Gasteiger partial charge on any atom is -0.335 e. The maximum absolute atomic E-state index is 12.6. The molecule has 1 aromatic rings. The lowest BCUT2D eigenvalue weighted by atomic mass is 10.1. The number of nitrogens with zero attached hydrogens (tertiary/aromatic N) is 4. The van der Waals surface area contributed by atoms with Crippen LogP contribution in [0.1, 0.15) is 49.8 Å². The number of thioether (sulfide) groups is 1. The van der Waals surface area contributed by atoms with Crippen LogP contribution >= 0.6 is 11.8 Å². The molecule has 1 aliphatic carbocycles. The minimum atomic E-state index is 0.00710. The summed E-state index contributed by atoms with van der Waals surface area (Å²) in [4.78, 5) is 29.2. The number of aromatic nitrogens is 2. The summed E-state index contributed by atoms with van der Waals surface area (Å²) in [6.07, 6.45) is 8.24. The molecule has 7 nitrogen and oxygen atoms in total. The van der Waals surface area contributed by atoms with Crippen molar-refractivity contribution in [2.45, 2.75) is 63.3 Å². The Labute approximate surface area is 177 Å². The van der Waals surface area contributed by atoms with Gasteiger partial charge in [-0.3, -0.25) is 9.69 Å². The van der Waals surface area contributed by atoms with E-state index < -0.39 is 0 Å². The molecule has 1 N–H and O–H groups in total. The zero-order valence-corrected chi connectivity index (χ0v) is 18.1. The molecular formula is C21H33N5O2S. The number of hydrogen-bond donors (Lipinski definition) is 1. The van der Waals surface area contributed by atoms with Crippen molar-refractivity contribution in [3.63, 3.8) is 0 Å². The van der Waals surface area contributed by atoms with E-state index in [0.717, 1.165) is 74.7 Å². The Hall–Kier alpha value is -1.54. The fourth-order valence-electron chi connectivity index (χ4n) is 4.51. The highest BCUT2D eigenvalue weighted by Gasteiger charge is 2.23. The highest BCUT2D eigenvalue weighted by molar-refractivity contribution is 7.98. The Balaban J connectivity index is 1.23. The van der Waals surface area contributed by atoms with E-state index >= 15 is 0 Å². The maximum Gasteiger partial charge on any atom is 0.317 e. The fourth-order valence-corrected chi connectivity index (χ4v) is 5.46. The van der Waals surface area contributed by atoms with Crippen LogP contribution in [-0.4, -0.2) is 70.1 Å². The van der Waals surface area contributed by atoms with Gasteiger partial charge in [-0.2, -0.15) is 16.9 Å². The first-order chi connectivity index (χ1) is 14.2. The predicted molar refractivity (Wildman–Crippen MR) is 116 cm³/mol. The van der Waals surface area contributed by atoms with Gasteiger partial charge in [0.05, 0.1) is 12.2 Å². The zero-order chi connectivity index (χ0) is 20.1. The summed E-state index contributed by atoms with van der Waals surface area (Å²) in [5, 5.41) is 7.85. The summed E-state index contributed by atoms with van der Waals surface area (Å²) >= 11 is 1.87. The molecule has 8 heteroatoms. The number of amides is 2. The summed E-state index contributed by atoms with van der Waals surface area (Å²) in [5.74, 6) is 1.99. The summed E-state index contributed by atoms with van der Waals surface area (Å²) in [7, 11) is 0. The Morgan fingerprint density at radius 2 is 1.86 bits per heavy atom. The number of aryl methyl sites for hydroxylation is 1. The van der Waals surface area contributed by atoms with Crippen LogP contribution in [0.3, 0.4) is 0 Å². The zero-order valence-electron chi connectivity index (χ0n) is 17.3. The van der Waals surface area contributed by atoms with Crippen molar-refractivity contribution in [3.05, 3.63) is 27.7 Å². The molecule has 29 heavy (non-hydrogen) atoms. The normalized spacial score (nSPS) is 21.4. The summed E-state index contributed by atoms with van der Waals surface area (Å²) in [6, 6.07) is 2.22. The number of carbonyl (C=O) groups is 1. The van der Waals surface area contributed by atoms with E-state index in [-0.39, 0.29) is 11.6 Å². The van der Waals surface area contributed by atoms with E-state index in [1.165, 1.54) is 25.7 Å². The van der Waals surface area contributed by atoms with Gasteiger partial charge in [0.15, 0.2) is 0 Å². The van der Waals surface area contributed by atoms with Gasteiger partial charge in [0, 0.05) is 57.0 Å². The molecule has 160 valence electrons. The maximum atomic E-state index is 12.6. The van der Waals surface area contributed by atoms with Crippen molar-refractivity contribution in [1.29, 1.82) is 0 Å². The molecule has 1 aromatic heterocycles. The van der Waals surface area contributed by atoms with Crippen molar-refractivity contribution in [3.8, 4) is 0 Å². The van der Waals surface area contributed by atoms with E-state index in [4.69, 9.17) is 0 Å². The molecule has 2 fully saturated rings. The van der Waals surface area contributed by atoms with E-state index in [9.17, 15) is 9.59 Å². The van der Waals surface area contributed by atoms with Crippen molar-refractivity contribution in [2.75, 3.05) is 38.5 Å². The molecule has 3 aliphatic rings. The van der Waals surface area contributed by atoms with Crippen LogP contribution in [0, 0.1) is 0 Å². The topological polar surface area (TPSA) is 70.5 Å². The molecule has 0 radical (unpaired) electrons. The van der Waals surface area contributed by atoms with Crippen LogP contribution in [0.15, 0.2) is 10.9 Å². The molecule has 2 amide bonds. The first-order valence-electron chi connectivity index (χ1n) is 11.1. The molecule has 0 aromatic carbocycles. The first-order valence-corrected chi connectivity index (χ1v) is 12.3. The van der Waals surface area contributed by atoms with Gasteiger partial charge in [0.25, 0.3) is 5.56 Å². The second-order valence-electron chi connectivity index (χ2n) is 8.45. The van der Waals surface area contributed by atoms with Crippen molar-refractivity contribution >= 4 is 17.8 Å². The quantitative estimate of drug-likeness (QED) is 0.757. The minimum absolute atomic E-state index is 0.00710. The van der Waals surface area contributed by atoms with Crippen molar-refractivity contribution < 1.29 is 4.79 Å². The van der Waals surface area contributed by atoms with Gasteiger partial charge in [-0.05, 0) is 24.2 Å². The number of piperazine rings is 1. The lowest BCUT2D eigenvalue weighted by molar-refractivity contribution is 0.133. The number of carbonyl (C=O) groups excluding carboxylic acids is 1. The highest BCUT2D eigenvalue weighted by Crippen LogP contribution is 2.21. The van der Waals surface area contributed by atoms with Crippen LogP contribution < -0.4 is 10.9 Å². The van der Waals surface area contributed by atoms with Gasteiger partial charge in [0.1, 0.15) is 0 Å². The SMILES string of the molecule is O=C(NC1CCCCCC1)N1CCN(CCn2nc3c(cc2=O)CSCC3)CC1. The van der Waals surface area contributed by atoms with Gasteiger partial charge in [-0.15, -0.1) is 0 Å². The van der Waals surface area contributed by atoms with Gasteiger partial charge in [-0.25, -0.2) is 9.48 Å². The third-order valence-electron chi connectivity index (χ3n) is 6.38. The lowest BCUT2D eigenvalue weighted by Crippen LogP contribution is -2.53. The molecule has 0 spiro atoms. The van der Waals surface area contributed by atoms with E-state index in [1.807, 2.05) is 16.7 Å². The molecule has 2 aliphatic heterocycles. The third-order valence-corrected chi connectivity index (χ3v) is 7.38. The fraction of sp³-hybridized carbons (Fsp3) is 0.762. The smallest absolute Gasteiger partial charge is 0.317 e. The summed E-state index contributed by atoms with van der Waals surface area (Å²) in [5.41, 5.74) is 2.20. The summed E-state index contributed by atoms with van der Waals surface area (Å²) in [6.45, 7) is 4.64. The van der Waals surface area contributed by atoms with Crippen LogP contribution in [0.5, 0.6) is 0 Å². The number of nitrogens with one attached hydrogen (secondary N) is 1. The number of urea groups is 1. The molecule has 0 atom stereocenters. The Bertz CT molecular complexity index is 752. The molecule has 0 unspecified atom stereocenters. The first kappa shape index (κ1) is 20.7. The highest BCUT2D eigenvalue weighted by atomic mass is 32.2. The predicted octanol–water partition coefficient (Wildman–Crippen LogP) is 2.08. The lowest BCUT2D eigenvalue weighted by Gasteiger charge is -2.35. The van der Waals surface area contributed by atoms with E-state index in [1.54, 1.807) is 10.7 Å². The Morgan fingerprint density at radius 3 is 2.62 bits per heavy atom. The second-order valence-corrected chi connectivity index (χ2v) is 9.55. The molecular weight excluding hydrogens is 386 g/mol. The number of fused-ring (bicyclic) bond motifs is 1. The molecule has 1 saturated carbocycles. The average Bonchev–Trinajstić information content (AvgIpc) is 3.01. The van der Waals surface area contributed by atoms with Crippen LogP contribution in [-0.2, 0) is 18.7 Å². The molecule has 0 bridgehead atoms. The average molecular weight is 420 g/mol. The van der Waals surface area contributed by atoms with E-state index in [0.29, 0.717) is 12.6 Å². The third kappa shape index (κ3) is 5.54. The van der Waals surface area contributed by atoms with Crippen molar-refractivity contribution in [2.24, 2.45) is 0 Å². The summed E-state index contributed by atoms with van der Waals surface area (Å²) < 4.78 is 1.62. The number of hydrogen-bond acceptors (Lipinski definition) is 5. The molecule has 1 saturated heterocycles. The van der Waals surface area contributed by atoms with Gasteiger partial charge in [-0.1, -0.05) is 25.7 Å². The van der Waals surface area contributed by atoms with E-state index in [2.05, 4.69) is 15.3 Å². The van der Waals surface area contributed by atoms with Crippen LogP contribution in [0.4, 0.5) is 4.79 Å². The van der Waals surface area contributed by atoms with Gasteiger partial charge in [0.2, 0.25) is 0 Å².